The zero-order valence-electron chi connectivity index (χ0n) is 13.4. The molecule has 3 unspecified atom stereocenters. The van der Waals surface area contributed by atoms with E-state index in [-0.39, 0.29) is 31.9 Å². The molecule has 1 N–H and O–H groups in total. The van der Waals surface area contributed by atoms with E-state index in [1.165, 1.54) is 11.8 Å². The molecule has 2 aliphatic heterocycles. The van der Waals surface area contributed by atoms with Gasteiger partial charge in [-0.3, -0.25) is 0 Å². The van der Waals surface area contributed by atoms with Crippen LogP contribution >= 0.6 is 11.8 Å². The molecular weight excluding hydrogens is 338 g/mol. The summed E-state index contributed by atoms with van der Waals surface area (Å²) in [5, 5.41) is 8.59. The summed E-state index contributed by atoms with van der Waals surface area (Å²) in [6.07, 6.45) is 0.215. The van der Waals surface area contributed by atoms with Gasteiger partial charge in [0.2, 0.25) is 0 Å². The van der Waals surface area contributed by atoms with E-state index in [0.717, 1.165) is 13.7 Å². The van der Waals surface area contributed by atoms with Gasteiger partial charge >= 0.3 is 17.1 Å². The first-order valence-corrected chi connectivity index (χ1v) is 9.03. The van der Waals surface area contributed by atoms with Crippen molar-refractivity contribution < 1.29 is 14.6 Å². The minimum Gasteiger partial charge on any atom is -0.396 e. The largest absolute Gasteiger partial charge is 0.396 e. The first-order chi connectivity index (χ1) is 11.6. The van der Waals surface area contributed by atoms with Crippen LogP contribution < -0.4 is 17.1 Å². The third-order valence-electron chi connectivity index (χ3n) is 3.95. The van der Waals surface area contributed by atoms with Gasteiger partial charge in [0, 0.05) is 5.75 Å². The summed E-state index contributed by atoms with van der Waals surface area (Å²) in [5.74, 6) is 0.404. The molecule has 3 atom stereocenters. The Labute approximate surface area is 141 Å². The highest BCUT2D eigenvalue weighted by atomic mass is 32.2. The first-order valence-electron chi connectivity index (χ1n) is 7.98. The fraction of sp³-hybridized carbons (Fsp3) is 0.786. The van der Waals surface area contributed by atoms with Crippen molar-refractivity contribution in [3.63, 3.8) is 0 Å². The number of aromatic nitrogens is 3. The van der Waals surface area contributed by atoms with Gasteiger partial charge in [0.25, 0.3) is 0 Å². The fourth-order valence-electron chi connectivity index (χ4n) is 2.53. The van der Waals surface area contributed by atoms with E-state index >= 15 is 0 Å². The molecule has 24 heavy (non-hydrogen) atoms. The molecule has 0 radical (unpaired) electrons. The molecule has 3 rings (SSSR count). The number of epoxide rings is 2. The maximum Gasteiger partial charge on any atom is 0.337 e. The predicted molar refractivity (Wildman–Crippen MR) is 87.6 cm³/mol. The smallest absolute Gasteiger partial charge is 0.337 e. The van der Waals surface area contributed by atoms with Gasteiger partial charge in [-0.2, -0.15) is 0 Å². The normalized spacial score (nSPS) is 23.2. The lowest BCUT2D eigenvalue weighted by Crippen LogP contribution is -2.56. The van der Waals surface area contributed by atoms with E-state index in [0.29, 0.717) is 25.4 Å². The number of thioether (sulfide) groups is 1. The Balaban J connectivity index is 2.08. The zero-order valence-corrected chi connectivity index (χ0v) is 14.2. The molecule has 134 valence electrons. The highest BCUT2D eigenvalue weighted by Crippen LogP contribution is 2.22. The maximum absolute atomic E-state index is 12.7. The van der Waals surface area contributed by atoms with E-state index in [1.54, 1.807) is 0 Å². The lowest BCUT2D eigenvalue weighted by atomic mass is 10.4. The topological polar surface area (TPSA) is 111 Å². The molecule has 1 aromatic heterocycles. The fourth-order valence-corrected chi connectivity index (χ4v) is 3.47. The lowest BCUT2D eigenvalue weighted by molar-refractivity contribution is 0.321. The SMILES string of the molecule is CCC(SCCO)n1c(=O)n(CC2CO2)c(=O)n(CC2CO2)c1=O. The minimum atomic E-state index is -0.620. The van der Waals surface area contributed by atoms with Crippen molar-refractivity contribution in [2.24, 2.45) is 0 Å². The molecule has 0 spiro atoms. The number of nitrogens with zero attached hydrogens (tertiary/aromatic N) is 3. The summed E-state index contributed by atoms with van der Waals surface area (Å²) in [6.45, 7) is 3.11. The molecule has 2 aliphatic rings. The number of hydrogen-bond acceptors (Lipinski definition) is 7. The molecule has 0 amide bonds. The minimum absolute atomic E-state index is 0.0461. The van der Waals surface area contributed by atoms with Gasteiger partial charge in [-0.05, 0) is 6.42 Å². The number of aliphatic hydroxyl groups excluding tert-OH is 1. The van der Waals surface area contributed by atoms with Crippen LogP contribution in [0.4, 0.5) is 0 Å². The average molecular weight is 359 g/mol. The standard InChI is InChI=1S/C14H21N3O6S/c1-2-11(24-4-3-18)17-13(20)15(5-9-7-22-9)12(19)16(14(17)21)6-10-8-23-10/h9-11,18H,2-8H2,1H3. The third-order valence-corrected chi connectivity index (χ3v) is 5.30. The second kappa shape index (κ2) is 7.26. The summed E-state index contributed by atoms with van der Waals surface area (Å²) in [6, 6.07) is 0. The van der Waals surface area contributed by atoms with Crippen LogP contribution in [0, 0.1) is 0 Å². The highest BCUT2D eigenvalue weighted by molar-refractivity contribution is 7.99. The Kier molecular flexibility index (Phi) is 5.28. The molecule has 10 heteroatoms. The Bertz CT molecular complexity index is 709. The van der Waals surface area contributed by atoms with Crippen LogP contribution in [0.5, 0.6) is 0 Å². The molecule has 0 saturated carbocycles. The van der Waals surface area contributed by atoms with Gasteiger partial charge in [-0.15, -0.1) is 11.8 Å². The van der Waals surface area contributed by atoms with E-state index in [4.69, 9.17) is 14.6 Å². The monoisotopic (exact) mass is 359 g/mol. The lowest BCUT2D eigenvalue weighted by Gasteiger charge is -2.19. The van der Waals surface area contributed by atoms with Crippen LogP contribution in [-0.4, -0.2) is 56.6 Å². The van der Waals surface area contributed by atoms with E-state index in [2.05, 4.69) is 0 Å². The number of rotatable bonds is 9. The van der Waals surface area contributed by atoms with E-state index in [1.807, 2.05) is 6.92 Å². The second-order valence-corrected chi connectivity index (χ2v) is 7.09. The second-order valence-electron chi connectivity index (χ2n) is 5.81. The summed E-state index contributed by atoms with van der Waals surface area (Å²) < 4.78 is 13.5. The Hall–Kier alpha value is -1.36. The number of hydrogen-bond donors (Lipinski definition) is 1. The third kappa shape index (κ3) is 3.66. The Morgan fingerprint density at radius 3 is 1.96 bits per heavy atom. The van der Waals surface area contributed by atoms with Gasteiger partial charge in [0.05, 0.1) is 50.5 Å². The Morgan fingerprint density at radius 2 is 1.58 bits per heavy atom. The van der Waals surface area contributed by atoms with E-state index < -0.39 is 22.4 Å². The maximum atomic E-state index is 12.7. The molecular formula is C14H21N3O6S. The molecule has 0 bridgehead atoms. The van der Waals surface area contributed by atoms with Gasteiger partial charge in [0.1, 0.15) is 0 Å². The molecule has 0 aromatic carbocycles. The Morgan fingerprint density at radius 1 is 1.08 bits per heavy atom. The zero-order chi connectivity index (χ0) is 17.3. The molecule has 9 nitrogen and oxygen atoms in total. The molecule has 2 saturated heterocycles. The molecule has 0 aliphatic carbocycles. The molecule has 3 heterocycles. The van der Waals surface area contributed by atoms with Gasteiger partial charge in [-0.25, -0.2) is 28.1 Å². The number of ether oxygens (including phenoxy) is 2. The van der Waals surface area contributed by atoms with Crippen molar-refractivity contribution in [3.05, 3.63) is 31.5 Å². The first kappa shape index (κ1) is 17.5. The van der Waals surface area contributed by atoms with Crippen LogP contribution in [0.3, 0.4) is 0 Å². The quantitative estimate of drug-likeness (QED) is 0.540. The summed E-state index contributed by atoms with van der Waals surface area (Å²) in [7, 11) is 0. The van der Waals surface area contributed by atoms with Crippen LogP contribution in [-0.2, 0) is 22.6 Å². The van der Waals surface area contributed by atoms with Crippen LogP contribution in [0.15, 0.2) is 14.4 Å². The van der Waals surface area contributed by atoms with Crippen molar-refractivity contribution in [1.29, 1.82) is 0 Å². The number of aliphatic hydroxyl groups is 1. The summed E-state index contributed by atoms with van der Waals surface area (Å²) >= 11 is 1.32. The van der Waals surface area contributed by atoms with Crippen molar-refractivity contribution in [3.8, 4) is 0 Å². The predicted octanol–water partition coefficient (Wildman–Crippen LogP) is -1.40. The van der Waals surface area contributed by atoms with Gasteiger partial charge in [0.15, 0.2) is 0 Å². The van der Waals surface area contributed by atoms with Gasteiger partial charge < -0.3 is 14.6 Å². The van der Waals surface area contributed by atoms with Gasteiger partial charge in [-0.1, -0.05) is 6.92 Å². The van der Waals surface area contributed by atoms with Crippen LogP contribution in [0.1, 0.15) is 18.7 Å². The summed E-state index contributed by atoms with van der Waals surface area (Å²) in [5.41, 5.74) is -1.86. The van der Waals surface area contributed by atoms with E-state index in [9.17, 15) is 14.4 Å². The van der Waals surface area contributed by atoms with Crippen molar-refractivity contribution in [2.45, 2.75) is 44.0 Å². The summed E-state index contributed by atoms with van der Waals surface area (Å²) in [4.78, 5) is 38.1. The van der Waals surface area contributed by atoms with Crippen molar-refractivity contribution >= 4 is 11.8 Å². The highest BCUT2D eigenvalue weighted by Gasteiger charge is 2.30. The average Bonchev–Trinajstić information content (AvgIpc) is 3.46. The van der Waals surface area contributed by atoms with Crippen LogP contribution in [0.25, 0.3) is 0 Å². The van der Waals surface area contributed by atoms with Crippen molar-refractivity contribution in [2.75, 3.05) is 25.6 Å². The molecule has 1 aromatic rings. The van der Waals surface area contributed by atoms with Crippen LogP contribution in [0.2, 0.25) is 0 Å². The molecule has 2 fully saturated rings. The van der Waals surface area contributed by atoms with Crippen molar-refractivity contribution in [1.82, 2.24) is 13.7 Å².